The summed E-state index contributed by atoms with van der Waals surface area (Å²) < 4.78 is 13.4. The third-order valence-electron chi connectivity index (χ3n) is 3.09. The van der Waals surface area contributed by atoms with E-state index in [4.69, 9.17) is 5.73 Å². The predicted octanol–water partition coefficient (Wildman–Crippen LogP) is 2.53. The van der Waals surface area contributed by atoms with E-state index in [0.717, 1.165) is 0 Å². The van der Waals surface area contributed by atoms with E-state index in [9.17, 15) is 14.3 Å². The minimum atomic E-state index is -0.421. The molecule has 0 fully saturated rings. The first-order valence-corrected chi connectivity index (χ1v) is 6.69. The second kappa shape index (κ2) is 6.85. The lowest BCUT2D eigenvalue weighted by atomic mass is 10.1. The summed E-state index contributed by atoms with van der Waals surface area (Å²) in [6.07, 6.45) is 0.579. The zero-order chi connectivity index (χ0) is 15.2. The first kappa shape index (κ1) is 15.0. The van der Waals surface area contributed by atoms with Gasteiger partial charge in [-0.1, -0.05) is 18.2 Å². The van der Waals surface area contributed by atoms with Gasteiger partial charge in [-0.05, 0) is 43.3 Å². The molecule has 2 aromatic rings. The molecule has 0 aliphatic rings. The van der Waals surface area contributed by atoms with E-state index in [1.807, 2.05) is 0 Å². The first-order valence-electron chi connectivity index (χ1n) is 6.69. The number of phenols is 1. The molecule has 0 bridgehead atoms. The van der Waals surface area contributed by atoms with Gasteiger partial charge < -0.3 is 15.7 Å². The van der Waals surface area contributed by atoms with Gasteiger partial charge >= 0.3 is 0 Å². The summed E-state index contributed by atoms with van der Waals surface area (Å²) >= 11 is 0. The molecule has 3 N–H and O–H groups in total. The van der Waals surface area contributed by atoms with E-state index in [0.29, 0.717) is 25.2 Å². The predicted molar refractivity (Wildman–Crippen MR) is 79.9 cm³/mol. The second-order valence-corrected chi connectivity index (χ2v) is 4.60. The summed E-state index contributed by atoms with van der Waals surface area (Å²) in [6, 6.07) is 12.1. The normalized spacial score (nSPS) is 10.4. The van der Waals surface area contributed by atoms with Crippen molar-refractivity contribution in [1.82, 2.24) is 0 Å². The summed E-state index contributed by atoms with van der Waals surface area (Å²) in [5.41, 5.74) is 6.11. The average Bonchev–Trinajstić information content (AvgIpc) is 2.48. The Balaban J connectivity index is 2.36. The fourth-order valence-corrected chi connectivity index (χ4v) is 2.04. The van der Waals surface area contributed by atoms with E-state index >= 15 is 0 Å². The minimum Gasteiger partial charge on any atom is -0.507 e. The molecule has 21 heavy (non-hydrogen) atoms. The van der Waals surface area contributed by atoms with Crippen molar-refractivity contribution in [3.8, 4) is 5.75 Å². The van der Waals surface area contributed by atoms with Crippen molar-refractivity contribution in [2.24, 2.45) is 5.73 Å². The molecule has 5 heteroatoms. The standard InChI is InChI=1S/C16H17FN2O2/c17-12-5-3-6-13(11-12)19(10-4-9-18)16(21)14-7-1-2-8-15(14)20/h1-3,5-8,11,20H,4,9-10,18H2. The lowest BCUT2D eigenvalue weighted by Crippen LogP contribution is -2.33. The molecule has 0 aliphatic carbocycles. The van der Waals surface area contributed by atoms with Gasteiger partial charge in [-0.2, -0.15) is 0 Å². The highest BCUT2D eigenvalue weighted by atomic mass is 19.1. The SMILES string of the molecule is NCCCN(C(=O)c1ccccc1O)c1cccc(F)c1. The zero-order valence-electron chi connectivity index (χ0n) is 11.5. The van der Waals surface area contributed by atoms with Gasteiger partial charge in [-0.3, -0.25) is 4.79 Å². The Morgan fingerprint density at radius 1 is 1.19 bits per heavy atom. The van der Waals surface area contributed by atoms with Crippen molar-refractivity contribution >= 4 is 11.6 Å². The highest BCUT2D eigenvalue weighted by Crippen LogP contribution is 2.23. The van der Waals surface area contributed by atoms with Gasteiger partial charge in [0.2, 0.25) is 0 Å². The van der Waals surface area contributed by atoms with Gasteiger partial charge in [0, 0.05) is 12.2 Å². The highest BCUT2D eigenvalue weighted by Gasteiger charge is 2.20. The van der Waals surface area contributed by atoms with E-state index in [1.54, 1.807) is 18.2 Å². The molecule has 0 spiro atoms. The number of rotatable bonds is 5. The second-order valence-electron chi connectivity index (χ2n) is 4.60. The molecule has 0 radical (unpaired) electrons. The first-order chi connectivity index (χ1) is 10.1. The van der Waals surface area contributed by atoms with E-state index in [1.165, 1.54) is 35.2 Å². The van der Waals surface area contributed by atoms with Crippen LogP contribution < -0.4 is 10.6 Å². The average molecular weight is 288 g/mol. The Morgan fingerprint density at radius 2 is 1.95 bits per heavy atom. The van der Waals surface area contributed by atoms with Crippen molar-refractivity contribution < 1.29 is 14.3 Å². The van der Waals surface area contributed by atoms with Crippen LogP contribution >= 0.6 is 0 Å². The molecule has 2 rings (SSSR count). The number of carbonyl (C=O) groups excluding carboxylic acids is 1. The third kappa shape index (κ3) is 3.58. The van der Waals surface area contributed by atoms with Gasteiger partial charge in [-0.25, -0.2) is 4.39 Å². The van der Waals surface area contributed by atoms with Crippen LogP contribution in [0.3, 0.4) is 0 Å². The number of anilines is 1. The summed E-state index contributed by atoms with van der Waals surface area (Å²) in [7, 11) is 0. The summed E-state index contributed by atoms with van der Waals surface area (Å²) in [5, 5.41) is 9.81. The van der Waals surface area contributed by atoms with Crippen molar-refractivity contribution in [2.45, 2.75) is 6.42 Å². The fourth-order valence-electron chi connectivity index (χ4n) is 2.04. The van der Waals surface area contributed by atoms with E-state index < -0.39 is 5.82 Å². The Morgan fingerprint density at radius 3 is 2.62 bits per heavy atom. The van der Waals surface area contributed by atoms with Gasteiger partial charge in [-0.15, -0.1) is 0 Å². The van der Waals surface area contributed by atoms with Crippen LogP contribution in [0, 0.1) is 5.82 Å². The molecule has 0 saturated carbocycles. The maximum Gasteiger partial charge on any atom is 0.262 e. The lowest BCUT2D eigenvalue weighted by molar-refractivity contribution is 0.0984. The van der Waals surface area contributed by atoms with Crippen molar-refractivity contribution in [1.29, 1.82) is 0 Å². The monoisotopic (exact) mass is 288 g/mol. The Bertz CT molecular complexity index is 631. The molecular weight excluding hydrogens is 271 g/mol. The maximum atomic E-state index is 13.4. The molecule has 0 heterocycles. The summed E-state index contributed by atoms with van der Waals surface area (Å²) in [4.78, 5) is 14.0. The number of benzene rings is 2. The van der Waals surface area contributed by atoms with Crippen LogP contribution in [0.5, 0.6) is 5.75 Å². The number of halogens is 1. The molecular formula is C16H17FN2O2. The van der Waals surface area contributed by atoms with Gasteiger partial charge in [0.25, 0.3) is 5.91 Å². The van der Waals surface area contributed by atoms with Crippen LogP contribution in [0.2, 0.25) is 0 Å². The maximum absolute atomic E-state index is 13.4. The Kier molecular flexibility index (Phi) is 4.90. The number of carbonyl (C=O) groups is 1. The molecule has 110 valence electrons. The van der Waals surface area contributed by atoms with Gasteiger partial charge in [0.05, 0.1) is 5.56 Å². The number of para-hydroxylation sites is 1. The molecule has 0 aromatic heterocycles. The largest absolute Gasteiger partial charge is 0.507 e. The number of aromatic hydroxyl groups is 1. The Labute approximate surface area is 122 Å². The zero-order valence-corrected chi connectivity index (χ0v) is 11.5. The number of nitrogens with zero attached hydrogens (tertiary/aromatic N) is 1. The number of amides is 1. The molecule has 0 saturated heterocycles. The van der Waals surface area contributed by atoms with Crippen LogP contribution in [-0.4, -0.2) is 24.1 Å². The number of hydrogen-bond acceptors (Lipinski definition) is 3. The molecule has 0 unspecified atom stereocenters. The summed E-state index contributed by atoms with van der Waals surface area (Å²) in [6.45, 7) is 0.771. The Hall–Kier alpha value is -2.40. The molecule has 1 amide bonds. The lowest BCUT2D eigenvalue weighted by Gasteiger charge is -2.23. The topological polar surface area (TPSA) is 66.6 Å². The van der Waals surface area contributed by atoms with Crippen LogP contribution in [0.25, 0.3) is 0 Å². The molecule has 0 aliphatic heterocycles. The smallest absolute Gasteiger partial charge is 0.262 e. The van der Waals surface area contributed by atoms with Crippen molar-refractivity contribution in [3.05, 3.63) is 59.9 Å². The minimum absolute atomic E-state index is 0.100. The number of phenolic OH excluding ortho intramolecular Hbond substituents is 1. The molecule has 0 atom stereocenters. The van der Waals surface area contributed by atoms with Crippen LogP contribution in [0.4, 0.5) is 10.1 Å². The van der Waals surface area contributed by atoms with E-state index in [-0.39, 0.29) is 17.2 Å². The highest BCUT2D eigenvalue weighted by molar-refractivity contribution is 6.07. The van der Waals surface area contributed by atoms with Crippen LogP contribution in [0.15, 0.2) is 48.5 Å². The van der Waals surface area contributed by atoms with Crippen LogP contribution in [0.1, 0.15) is 16.8 Å². The molecule has 4 nitrogen and oxygen atoms in total. The quantitative estimate of drug-likeness (QED) is 0.888. The molecule has 2 aromatic carbocycles. The van der Waals surface area contributed by atoms with Crippen LogP contribution in [-0.2, 0) is 0 Å². The van der Waals surface area contributed by atoms with Crippen molar-refractivity contribution in [2.75, 3.05) is 18.0 Å². The van der Waals surface area contributed by atoms with Crippen molar-refractivity contribution in [3.63, 3.8) is 0 Å². The number of hydrogen-bond donors (Lipinski definition) is 2. The van der Waals surface area contributed by atoms with Gasteiger partial charge in [0.15, 0.2) is 0 Å². The third-order valence-corrected chi connectivity index (χ3v) is 3.09. The van der Waals surface area contributed by atoms with Gasteiger partial charge in [0.1, 0.15) is 11.6 Å². The fraction of sp³-hybridized carbons (Fsp3) is 0.188. The summed E-state index contributed by atoms with van der Waals surface area (Å²) in [5.74, 6) is -0.904. The van der Waals surface area contributed by atoms with E-state index in [2.05, 4.69) is 0 Å². The number of nitrogens with two attached hydrogens (primary N) is 1.